The van der Waals surface area contributed by atoms with E-state index in [1.807, 2.05) is 0 Å². The van der Waals surface area contributed by atoms with Gasteiger partial charge in [-0.2, -0.15) is 0 Å². The molecule has 0 aromatic carbocycles. The SMILES string of the molecule is C[C]1[C](C)[C](C)[C](C)[C]1C.[CH3-].[CH3-].[Cl][Ti+3]. The third-order valence-electron chi connectivity index (χ3n) is 2.81. The maximum atomic E-state index is 4.64. The first-order valence-electron chi connectivity index (χ1n) is 3.94. The molecule has 0 atom stereocenters. The van der Waals surface area contributed by atoms with Crippen molar-refractivity contribution in [2.24, 2.45) is 0 Å². The van der Waals surface area contributed by atoms with Crippen molar-refractivity contribution >= 4 is 9.30 Å². The van der Waals surface area contributed by atoms with Crippen LogP contribution in [0.25, 0.3) is 0 Å². The van der Waals surface area contributed by atoms with Gasteiger partial charge in [-0.3, -0.25) is 0 Å². The van der Waals surface area contributed by atoms with Crippen LogP contribution in [0, 0.1) is 44.4 Å². The van der Waals surface area contributed by atoms with E-state index in [0.717, 1.165) is 0 Å². The molecule has 0 nitrogen and oxygen atoms in total. The molecule has 0 amide bonds. The van der Waals surface area contributed by atoms with Crippen molar-refractivity contribution in [1.29, 1.82) is 0 Å². The summed E-state index contributed by atoms with van der Waals surface area (Å²) >= 11 is 1.47. The van der Waals surface area contributed by atoms with Crippen LogP contribution in [0.3, 0.4) is 0 Å². The average Bonchev–Trinajstić information content (AvgIpc) is 2.27. The van der Waals surface area contributed by atoms with E-state index in [1.54, 1.807) is 0 Å². The zero-order valence-corrected chi connectivity index (χ0v) is 12.7. The van der Waals surface area contributed by atoms with E-state index in [-0.39, 0.29) is 14.9 Å². The Balaban J connectivity index is -0.000000284. The molecule has 0 heterocycles. The normalized spacial score (nSPS) is 20.9. The molecule has 79 valence electrons. The van der Waals surface area contributed by atoms with Gasteiger partial charge >= 0.3 is 28.7 Å². The maximum absolute atomic E-state index is 4.64. The quantitative estimate of drug-likeness (QED) is 0.435. The number of hydrogen-bond acceptors (Lipinski definition) is 0. The summed E-state index contributed by atoms with van der Waals surface area (Å²) in [6.07, 6.45) is 0. The van der Waals surface area contributed by atoms with Gasteiger partial charge in [0.05, 0.1) is 0 Å². The van der Waals surface area contributed by atoms with E-state index in [0.29, 0.717) is 0 Å². The summed E-state index contributed by atoms with van der Waals surface area (Å²) in [6.45, 7) is 11.0. The van der Waals surface area contributed by atoms with Gasteiger partial charge in [0.15, 0.2) is 0 Å². The molecule has 1 aliphatic carbocycles. The van der Waals surface area contributed by atoms with Crippen LogP contribution < -0.4 is 0 Å². The first kappa shape index (κ1) is 20.4. The molecule has 0 unspecified atom stereocenters. The van der Waals surface area contributed by atoms with Crippen LogP contribution >= 0.6 is 9.30 Å². The molecule has 5 radical (unpaired) electrons. The summed E-state index contributed by atoms with van der Waals surface area (Å²) < 4.78 is 0. The van der Waals surface area contributed by atoms with Gasteiger partial charge in [-0.25, -0.2) is 0 Å². The topological polar surface area (TPSA) is 0 Å². The molecular weight excluding hydrogens is 227 g/mol. The van der Waals surface area contributed by atoms with Crippen molar-refractivity contribution in [2.75, 3.05) is 0 Å². The van der Waals surface area contributed by atoms with Gasteiger partial charge in [0.25, 0.3) is 0 Å². The molecule has 0 N–H and O–H groups in total. The summed E-state index contributed by atoms with van der Waals surface area (Å²) in [4.78, 5) is 0. The minimum absolute atomic E-state index is 0. The molecule has 2 heteroatoms. The van der Waals surface area contributed by atoms with Crippen LogP contribution in [0.1, 0.15) is 34.6 Å². The van der Waals surface area contributed by atoms with Crippen molar-refractivity contribution in [3.05, 3.63) is 44.4 Å². The van der Waals surface area contributed by atoms with Gasteiger partial charge in [-0.05, 0) is 29.6 Å². The van der Waals surface area contributed by atoms with Crippen molar-refractivity contribution in [3.63, 3.8) is 0 Å². The van der Waals surface area contributed by atoms with Crippen LogP contribution in [0.4, 0.5) is 0 Å². The summed E-state index contributed by atoms with van der Waals surface area (Å²) in [5.74, 6) is 7.34. The number of rotatable bonds is 0. The molecule has 1 fully saturated rings. The molecule has 1 saturated carbocycles. The Morgan fingerprint density at radius 1 is 0.571 bits per heavy atom. The zero-order chi connectivity index (χ0) is 9.89. The van der Waals surface area contributed by atoms with Gasteiger partial charge in [0, 0.05) is 0 Å². The van der Waals surface area contributed by atoms with Crippen LogP contribution in [0.5, 0.6) is 0 Å². The fraction of sp³-hybridized carbons (Fsp3) is 0.417. The van der Waals surface area contributed by atoms with E-state index in [1.165, 1.54) is 49.0 Å². The van der Waals surface area contributed by atoms with Crippen LogP contribution in [-0.4, -0.2) is 0 Å². The molecule has 0 spiro atoms. The molecule has 14 heavy (non-hydrogen) atoms. The molecule has 1 aliphatic rings. The van der Waals surface area contributed by atoms with Crippen LogP contribution in [0.15, 0.2) is 0 Å². The van der Waals surface area contributed by atoms with E-state index in [9.17, 15) is 0 Å². The van der Waals surface area contributed by atoms with Crippen molar-refractivity contribution in [1.82, 2.24) is 0 Å². The van der Waals surface area contributed by atoms with Gasteiger partial charge < -0.3 is 14.9 Å². The van der Waals surface area contributed by atoms with Crippen LogP contribution in [0.2, 0.25) is 0 Å². The second kappa shape index (κ2) is 9.25. The Bertz CT molecular complexity index is 82.7. The number of hydrogen-bond donors (Lipinski definition) is 0. The summed E-state index contributed by atoms with van der Waals surface area (Å²) in [7, 11) is 4.64. The third-order valence-corrected chi connectivity index (χ3v) is 2.81. The second-order valence-electron chi connectivity index (χ2n) is 3.12. The fourth-order valence-electron chi connectivity index (χ4n) is 1.41. The van der Waals surface area contributed by atoms with Crippen molar-refractivity contribution in [3.8, 4) is 0 Å². The van der Waals surface area contributed by atoms with Gasteiger partial charge in [-0.1, -0.05) is 34.6 Å². The molecule has 0 saturated heterocycles. The zero-order valence-electron chi connectivity index (χ0n) is 10.4. The fourth-order valence-corrected chi connectivity index (χ4v) is 1.41. The van der Waals surface area contributed by atoms with E-state index in [4.69, 9.17) is 0 Å². The van der Waals surface area contributed by atoms with Gasteiger partial charge in [0.2, 0.25) is 0 Å². The second-order valence-corrected chi connectivity index (χ2v) is 3.12. The molecular formula is C12H21ClTi+. The molecule has 1 rings (SSSR count). The van der Waals surface area contributed by atoms with Gasteiger partial charge in [-0.15, -0.1) is 0 Å². The van der Waals surface area contributed by atoms with E-state index < -0.39 is 0 Å². The Kier molecular flexibility index (Phi) is 13.5. The summed E-state index contributed by atoms with van der Waals surface area (Å²) in [6, 6.07) is 0. The monoisotopic (exact) mass is 248 g/mol. The minimum atomic E-state index is 0. The summed E-state index contributed by atoms with van der Waals surface area (Å²) in [5, 5.41) is 0. The molecule has 0 aromatic rings. The third kappa shape index (κ3) is 4.25. The first-order valence-corrected chi connectivity index (χ1v) is 6.09. The first-order chi connectivity index (χ1) is 5.55. The Labute approximate surface area is 107 Å². The predicted octanol–water partition coefficient (Wildman–Crippen LogP) is 4.56. The van der Waals surface area contributed by atoms with E-state index >= 15 is 0 Å². The van der Waals surface area contributed by atoms with E-state index in [2.05, 4.69) is 43.9 Å². The Morgan fingerprint density at radius 3 is 0.714 bits per heavy atom. The van der Waals surface area contributed by atoms with Gasteiger partial charge in [0.1, 0.15) is 0 Å². The Hall–Kier alpha value is 1.00. The molecule has 0 aromatic heterocycles. The number of halogens is 1. The van der Waals surface area contributed by atoms with Crippen molar-refractivity contribution < 1.29 is 19.4 Å². The molecule has 0 bridgehead atoms. The molecule has 0 aliphatic heterocycles. The van der Waals surface area contributed by atoms with Crippen LogP contribution in [-0.2, 0) is 19.4 Å². The van der Waals surface area contributed by atoms with Crippen molar-refractivity contribution in [2.45, 2.75) is 34.6 Å². The summed E-state index contributed by atoms with van der Waals surface area (Å²) in [5.41, 5.74) is 0. The Morgan fingerprint density at radius 2 is 0.643 bits per heavy atom. The predicted molar refractivity (Wildman–Crippen MR) is 63.3 cm³/mol. The standard InChI is InChI=1S/C10H15.2CH3.ClH.Ti/c1-6-7(2)9(4)10(5)8(6)3;;;;/h1-5H3;2*1H3;1H;/q;2*-1;;+4/p-1. The average molecular weight is 249 g/mol.